The standard InChI is InChI=1S/C13H10ClN5O/c14-8-3-1-4-9(7-8)16-13(20)17-12-10-5-2-6-15-11(10)18-19-12/h1-7H,(H3,15,16,17,18,19,20). The van der Waals surface area contributed by atoms with Crippen molar-refractivity contribution < 1.29 is 4.79 Å². The highest BCUT2D eigenvalue weighted by molar-refractivity contribution is 6.30. The van der Waals surface area contributed by atoms with Crippen LogP contribution < -0.4 is 10.6 Å². The summed E-state index contributed by atoms with van der Waals surface area (Å²) < 4.78 is 0. The quantitative estimate of drug-likeness (QED) is 0.676. The average Bonchev–Trinajstić information content (AvgIpc) is 2.82. The molecular weight excluding hydrogens is 278 g/mol. The number of carbonyl (C=O) groups excluding carboxylic acids is 1. The number of benzene rings is 1. The molecule has 3 aromatic rings. The third kappa shape index (κ3) is 2.55. The fourth-order valence-electron chi connectivity index (χ4n) is 1.79. The Hall–Kier alpha value is -2.60. The molecular formula is C13H10ClN5O. The summed E-state index contributed by atoms with van der Waals surface area (Å²) in [5.74, 6) is 0.493. The number of urea groups is 1. The minimum Gasteiger partial charge on any atom is -0.308 e. The van der Waals surface area contributed by atoms with E-state index in [-0.39, 0.29) is 6.03 Å². The van der Waals surface area contributed by atoms with Gasteiger partial charge in [-0.05, 0) is 30.3 Å². The number of hydrogen-bond donors (Lipinski definition) is 3. The third-order valence-electron chi connectivity index (χ3n) is 2.65. The van der Waals surface area contributed by atoms with E-state index in [0.29, 0.717) is 22.2 Å². The van der Waals surface area contributed by atoms with E-state index in [2.05, 4.69) is 25.8 Å². The summed E-state index contributed by atoms with van der Waals surface area (Å²) in [6, 6.07) is 10.1. The van der Waals surface area contributed by atoms with Gasteiger partial charge in [0.15, 0.2) is 5.65 Å². The number of carbonyl (C=O) groups is 1. The number of aromatic nitrogens is 3. The molecule has 0 saturated heterocycles. The number of fused-ring (bicyclic) bond motifs is 1. The number of aromatic amines is 1. The van der Waals surface area contributed by atoms with E-state index in [1.165, 1.54) is 0 Å². The lowest BCUT2D eigenvalue weighted by molar-refractivity contribution is 0.262. The molecule has 0 fully saturated rings. The van der Waals surface area contributed by atoms with Gasteiger partial charge in [0.25, 0.3) is 0 Å². The minimum absolute atomic E-state index is 0.387. The Bertz CT molecular complexity index is 770. The number of nitrogens with zero attached hydrogens (tertiary/aromatic N) is 2. The smallest absolute Gasteiger partial charge is 0.308 e. The second-order valence-electron chi connectivity index (χ2n) is 4.06. The molecule has 0 bridgehead atoms. The van der Waals surface area contributed by atoms with Gasteiger partial charge in [-0.15, -0.1) is 0 Å². The van der Waals surface area contributed by atoms with E-state index in [4.69, 9.17) is 11.6 Å². The zero-order valence-electron chi connectivity index (χ0n) is 10.2. The van der Waals surface area contributed by atoms with Crippen molar-refractivity contribution in [3.8, 4) is 0 Å². The molecule has 0 aliphatic carbocycles. The highest BCUT2D eigenvalue weighted by Gasteiger charge is 2.09. The van der Waals surface area contributed by atoms with Crippen LogP contribution in [0.2, 0.25) is 5.02 Å². The van der Waals surface area contributed by atoms with Gasteiger partial charge in [-0.25, -0.2) is 9.78 Å². The molecule has 0 aliphatic heterocycles. The molecule has 20 heavy (non-hydrogen) atoms. The van der Waals surface area contributed by atoms with Crippen LogP contribution in [0.5, 0.6) is 0 Å². The molecule has 3 N–H and O–H groups in total. The lowest BCUT2D eigenvalue weighted by Crippen LogP contribution is -2.19. The number of H-pyrrole nitrogens is 1. The Morgan fingerprint density at radius 1 is 1.20 bits per heavy atom. The molecule has 2 amide bonds. The summed E-state index contributed by atoms with van der Waals surface area (Å²) in [6.45, 7) is 0. The summed E-state index contributed by atoms with van der Waals surface area (Å²) in [7, 11) is 0. The van der Waals surface area contributed by atoms with Crippen LogP contribution in [0, 0.1) is 0 Å². The molecule has 3 rings (SSSR count). The zero-order valence-corrected chi connectivity index (χ0v) is 11.0. The van der Waals surface area contributed by atoms with E-state index < -0.39 is 0 Å². The van der Waals surface area contributed by atoms with Crippen LogP contribution in [-0.2, 0) is 0 Å². The van der Waals surface area contributed by atoms with Crippen LogP contribution in [0.25, 0.3) is 11.0 Å². The predicted molar refractivity (Wildman–Crippen MR) is 78.0 cm³/mol. The normalized spacial score (nSPS) is 10.4. The predicted octanol–water partition coefficient (Wildman–Crippen LogP) is 3.26. The van der Waals surface area contributed by atoms with Gasteiger partial charge in [0.1, 0.15) is 5.82 Å². The Labute approximate surface area is 119 Å². The molecule has 1 aromatic carbocycles. The van der Waals surface area contributed by atoms with Gasteiger partial charge in [0.2, 0.25) is 0 Å². The minimum atomic E-state index is -0.387. The first-order chi connectivity index (χ1) is 9.72. The number of nitrogens with one attached hydrogen (secondary N) is 3. The number of anilines is 2. The topological polar surface area (TPSA) is 82.7 Å². The lowest BCUT2D eigenvalue weighted by atomic mass is 10.3. The Morgan fingerprint density at radius 3 is 2.95 bits per heavy atom. The van der Waals surface area contributed by atoms with E-state index in [1.54, 1.807) is 36.5 Å². The molecule has 7 heteroatoms. The molecule has 0 unspecified atom stereocenters. The van der Waals surface area contributed by atoms with E-state index in [9.17, 15) is 4.79 Å². The maximum atomic E-state index is 11.9. The second-order valence-corrected chi connectivity index (χ2v) is 4.50. The van der Waals surface area contributed by atoms with Gasteiger partial charge >= 0.3 is 6.03 Å². The highest BCUT2D eigenvalue weighted by Crippen LogP contribution is 2.19. The van der Waals surface area contributed by atoms with Gasteiger partial charge in [0, 0.05) is 16.9 Å². The maximum Gasteiger partial charge on any atom is 0.324 e. The van der Waals surface area contributed by atoms with Crippen molar-refractivity contribution in [3.63, 3.8) is 0 Å². The molecule has 2 aromatic heterocycles. The lowest BCUT2D eigenvalue weighted by Gasteiger charge is -2.06. The molecule has 0 aliphatic rings. The van der Waals surface area contributed by atoms with Crippen LogP contribution in [0.1, 0.15) is 0 Å². The monoisotopic (exact) mass is 287 g/mol. The molecule has 0 spiro atoms. The van der Waals surface area contributed by atoms with Crippen molar-refractivity contribution in [2.75, 3.05) is 10.6 Å². The average molecular weight is 288 g/mol. The molecule has 0 saturated carbocycles. The van der Waals surface area contributed by atoms with Gasteiger partial charge < -0.3 is 5.32 Å². The number of halogens is 1. The third-order valence-corrected chi connectivity index (χ3v) is 2.89. The first-order valence-electron chi connectivity index (χ1n) is 5.85. The van der Waals surface area contributed by atoms with Crippen molar-refractivity contribution in [1.29, 1.82) is 0 Å². The summed E-state index contributed by atoms with van der Waals surface area (Å²) in [5, 5.41) is 13.4. The van der Waals surface area contributed by atoms with E-state index in [0.717, 1.165) is 5.39 Å². The number of pyridine rings is 1. The largest absolute Gasteiger partial charge is 0.324 e. The van der Waals surface area contributed by atoms with Gasteiger partial charge in [-0.2, -0.15) is 5.10 Å². The van der Waals surface area contributed by atoms with Crippen molar-refractivity contribution in [2.45, 2.75) is 0 Å². The fourth-order valence-corrected chi connectivity index (χ4v) is 1.98. The van der Waals surface area contributed by atoms with Gasteiger partial charge in [0.05, 0.1) is 5.39 Å². The van der Waals surface area contributed by atoms with Gasteiger partial charge in [-0.1, -0.05) is 17.7 Å². The van der Waals surface area contributed by atoms with Gasteiger partial charge in [-0.3, -0.25) is 10.4 Å². The van der Waals surface area contributed by atoms with Crippen molar-refractivity contribution in [1.82, 2.24) is 15.2 Å². The SMILES string of the molecule is O=C(Nc1cccc(Cl)c1)Nc1[nH]nc2ncccc12. The molecule has 0 radical (unpaired) electrons. The molecule has 0 atom stereocenters. The Balaban J connectivity index is 1.76. The van der Waals surface area contributed by atoms with E-state index >= 15 is 0 Å². The summed E-state index contributed by atoms with van der Waals surface area (Å²) in [4.78, 5) is 16.0. The first kappa shape index (κ1) is 12.4. The number of hydrogen-bond acceptors (Lipinski definition) is 3. The summed E-state index contributed by atoms with van der Waals surface area (Å²) >= 11 is 5.85. The summed E-state index contributed by atoms with van der Waals surface area (Å²) in [6.07, 6.45) is 1.64. The fraction of sp³-hybridized carbons (Fsp3) is 0. The second kappa shape index (κ2) is 5.18. The first-order valence-corrected chi connectivity index (χ1v) is 6.23. The summed E-state index contributed by atoms with van der Waals surface area (Å²) in [5.41, 5.74) is 1.16. The van der Waals surface area contributed by atoms with Crippen LogP contribution in [0.4, 0.5) is 16.3 Å². The van der Waals surface area contributed by atoms with Crippen molar-refractivity contribution in [2.24, 2.45) is 0 Å². The Kier molecular flexibility index (Phi) is 3.22. The van der Waals surface area contributed by atoms with Crippen LogP contribution >= 0.6 is 11.6 Å². The molecule has 6 nitrogen and oxygen atoms in total. The van der Waals surface area contributed by atoms with Crippen LogP contribution in [0.3, 0.4) is 0 Å². The van der Waals surface area contributed by atoms with Crippen LogP contribution in [-0.4, -0.2) is 21.2 Å². The van der Waals surface area contributed by atoms with Crippen LogP contribution in [0.15, 0.2) is 42.6 Å². The zero-order chi connectivity index (χ0) is 13.9. The van der Waals surface area contributed by atoms with Crippen molar-refractivity contribution >= 4 is 40.2 Å². The molecule has 2 heterocycles. The van der Waals surface area contributed by atoms with E-state index in [1.807, 2.05) is 6.07 Å². The highest BCUT2D eigenvalue weighted by atomic mass is 35.5. The van der Waals surface area contributed by atoms with Crippen molar-refractivity contribution in [3.05, 3.63) is 47.6 Å². The Morgan fingerprint density at radius 2 is 2.10 bits per heavy atom. The molecule has 100 valence electrons. The number of amides is 2. The maximum absolute atomic E-state index is 11.9. The number of rotatable bonds is 2.